The summed E-state index contributed by atoms with van der Waals surface area (Å²) in [4.78, 5) is 25.4. The lowest BCUT2D eigenvalue weighted by molar-refractivity contribution is -0.119. The molecule has 2 aromatic carbocycles. The summed E-state index contributed by atoms with van der Waals surface area (Å²) in [5, 5.41) is 6.53. The molecule has 0 saturated heterocycles. The van der Waals surface area contributed by atoms with E-state index >= 15 is 0 Å². The lowest BCUT2D eigenvalue weighted by Crippen LogP contribution is -2.27. The third kappa shape index (κ3) is 4.69. The van der Waals surface area contributed by atoms with E-state index < -0.39 is 0 Å². The molecule has 1 unspecified atom stereocenters. The molecular formula is C27H34N2O5. The minimum atomic E-state index is -0.302. The zero-order valence-electron chi connectivity index (χ0n) is 20.5. The predicted octanol–water partition coefficient (Wildman–Crippen LogP) is 4.61. The van der Waals surface area contributed by atoms with Gasteiger partial charge in [0.1, 0.15) is 0 Å². The van der Waals surface area contributed by atoms with Crippen LogP contribution in [0.25, 0.3) is 11.1 Å². The maximum atomic E-state index is 13.3. The van der Waals surface area contributed by atoms with Crippen LogP contribution in [0, 0.1) is 0 Å². The molecule has 0 aromatic heterocycles. The first-order valence-electron chi connectivity index (χ1n) is 12.0. The number of hydrogen-bond donors (Lipinski definition) is 2. The Morgan fingerprint density at radius 3 is 2.32 bits per heavy atom. The summed E-state index contributed by atoms with van der Waals surface area (Å²) in [5.74, 6) is 1.51. The average molecular weight is 467 g/mol. The molecule has 7 nitrogen and oxygen atoms in total. The molecule has 0 aliphatic heterocycles. The first-order chi connectivity index (χ1) is 16.5. The van der Waals surface area contributed by atoms with Crippen LogP contribution in [0.4, 0.5) is 5.69 Å². The van der Waals surface area contributed by atoms with E-state index in [1.165, 1.54) is 26.2 Å². The van der Waals surface area contributed by atoms with E-state index in [-0.39, 0.29) is 17.4 Å². The van der Waals surface area contributed by atoms with Crippen molar-refractivity contribution >= 4 is 11.6 Å². The van der Waals surface area contributed by atoms with E-state index in [0.29, 0.717) is 41.8 Å². The number of ether oxygens (including phenoxy) is 3. The highest BCUT2D eigenvalue weighted by Gasteiger charge is 2.29. The van der Waals surface area contributed by atoms with Gasteiger partial charge in [-0.15, -0.1) is 0 Å². The van der Waals surface area contributed by atoms with Crippen LogP contribution in [-0.2, 0) is 11.2 Å². The fourth-order valence-corrected chi connectivity index (χ4v) is 5.29. The van der Waals surface area contributed by atoms with Crippen molar-refractivity contribution in [2.24, 2.45) is 0 Å². The van der Waals surface area contributed by atoms with Gasteiger partial charge < -0.3 is 24.8 Å². The van der Waals surface area contributed by atoms with Gasteiger partial charge in [0.2, 0.25) is 17.1 Å². The molecule has 2 aliphatic carbocycles. The minimum absolute atomic E-state index is 0.0786. The lowest BCUT2D eigenvalue weighted by Gasteiger charge is -2.23. The van der Waals surface area contributed by atoms with Crippen LogP contribution >= 0.6 is 0 Å². The lowest BCUT2D eigenvalue weighted by atomic mass is 9.95. The summed E-state index contributed by atoms with van der Waals surface area (Å²) in [6, 6.07) is 7.47. The van der Waals surface area contributed by atoms with Gasteiger partial charge in [0.25, 0.3) is 0 Å². The average Bonchev–Trinajstić information content (AvgIpc) is 3.07. The molecule has 182 valence electrons. The molecule has 0 radical (unpaired) electrons. The van der Waals surface area contributed by atoms with E-state index in [4.69, 9.17) is 14.2 Å². The number of amides is 1. The number of carbonyl (C=O) groups is 1. The van der Waals surface area contributed by atoms with Crippen LogP contribution in [0.1, 0.15) is 62.6 Å². The van der Waals surface area contributed by atoms with E-state index in [1.807, 2.05) is 18.2 Å². The number of aryl methyl sites for hydroxylation is 1. The van der Waals surface area contributed by atoms with E-state index in [2.05, 4.69) is 10.6 Å². The fraction of sp³-hybridized carbons (Fsp3) is 0.481. The fourth-order valence-electron chi connectivity index (χ4n) is 5.29. The largest absolute Gasteiger partial charge is 0.493 e. The summed E-state index contributed by atoms with van der Waals surface area (Å²) < 4.78 is 17.1. The predicted molar refractivity (Wildman–Crippen MR) is 133 cm³/mol. The number of benzene rings is 1. The third-order valence-corrected chi connectivity index (χ3v) is 6.88. The van der Waals surface area contributed by atoms with Gasteiger partial charge in [0, 0.05) is 18.5 Å². The topological polar surface area (TPSA) is 85.9 Å². The summed E-state index contributed by atoms with van der Waals surface area (Å²) >= 11 is 0. The van der Waals surface area contributed by atoms with Gasteiger partial charge in [-0.3, -0.25) is 9.59 Å². The first kappa shape index (κ1) is 23.9. The van der Waals surface area contributed by atoms with E-state index in [1.54, 1.807) is 27.4 Å². The number of methoxy groups -OCH3 is 3. The van der Waals surface area contributed by atoms with E-state index in [0.717, 1.165) is 35.1 Å². The quantitative estimate of drug-likeness (QED) is 0.647. The van der Waals surface area contributed by atoms with Crippen LogP contribution in [0.2, 0.25) is 0 Å². The molecular weight excluding hydrogens is 432 g/mol. The van der Waals surface area contributed by atoms with Crippen LogP contribution in [0.3, 0.4) is 0 Å². The number of carbonyl (C=O) groups excluding carboxylic acids is 1. The molecule has 1 amide bonds. The van der Waals surface area contributed by atoms with Crippen molar-refractivity contribution in [3.8, 4) is 28.4 Å². The van der Waals surface area contributed by atoms with E-state index in [9.17, 15) is 9.59 Å². The zero-order chi connectivity index (χ0) is 24.2. The summed E-state index contributed by atoms with van der Waals surface area (Å²) in [6.45, 7) is 1.50. The molecule has 2 aromatic rings. The van der Waals surface area contributed by atoms with Crippen molar-refractivity contribution in [1.29, 1.82) is 0 Å². The smallest absolute Gasteiger partial charge is 0.217 e. The molecule has 2 N–H and O–H groups in total. The second-order valence-electron chi connectivity index (χ2n) is 9.08. The second kappa shape index (κ2) is 10.4. The van der Waals surface area contributed by atoms with Crippen molar-refractivity contribution in [2.75, 3.05) is 26.6 Å². The molecule has 34 heavy (non-hydrogen) atoms. The number of hydrogen-bond acceptors (Lipinski definition) is 6. The SMILES string of the molecule is COc1cc2c(c(OC)c1OC)-c1ccc(NC3CCCCC3)c(=O)cc1C(NC(C)=O)CC2. The van der Waals surface area contributed by atoms with Crippen LogP contribution in [-0.4, -0.2) is 33.3 Å². The number of nitrogens with one attached hydrogen (secondary N) is 2. The van der Waals surface area contributed by atoms with Crippen molar-refractivity contribution in [3.63, 3.8) is 0 Å². The monoisotopic (exact) mass is 466 g/mol. The molecule has 1 saturated carbocycles. The Kier molecular flexibility index (Phi) is 7.29. The molecule has 1 atom stereocenters. The standard InChI is InChI=1S/C27H34N2O5/c1-16(30)28-21-12-10-17-14-24(32-2)26(33-3)27(34-4)25(17)19-11-13-22(23(31)15-20(19)21)29-18-8-6-5-7-9-18/h11,13-15,18,21H,5-10,12H2,1-4H3,(H,28,30)(H,29,31). The van der Waals surface area contributed by atoms with Gasteiger partial charge in [0.05, 0.1) is 33.1 Å². The first-order valence-corrected chi connectivity index (χ1v) is 12.0. The van der Waals surface area contributed by atoms with Gasteiger partial charge in [-0.05, 0) is 60.6 Å². The van der Waals surface area contributed by atoms with Crippen LogP contribution < -0.4 is 30.3 Å². The van der Waals surface area contributed by atoms with Gasteiger partial charge in [-0.1, -0.05) is 25.3 Å². The number of rotatable bonds is 6. The normalized spacial score (nSPS) is 17.6. The van der Waals surface area contributed by atoms with Crippen molar-refractivity contribution < 1.29 is 19.0 Å². The van der Waals surface area contributed by atoms with Crippen molar-refractivity contribution in [2.45, 2.75) is 64.0 Å². The van der Waals surface area contributed by atoms with Gasteiger partial charge >= 0.3 is 0 Å². The van der Waals surface area contributed by atoms with Crippen molar-refractivity contribution in [1.82, 2.24) is 5.32 Å². The second-order valence-corrected chi connectivity index (χ2v) is 9.08. The zero-order valence-corrected chi connectivity index (χ0v) is 20.5. The maximum absolute atomic E-state index is 13.3. The molecule has 0 heterocycles. The maximum Gasteiger partial charge on any atom is 0.217 e. The van der Waals surface area contributed by atoms with Crippen LogP contribution in [0.15, 0.2) is 29.1 Å². The molecule has 2 aliphatic rings. The summed E-state index contributed by atoms with van der Waals surface area (Å²) in [7, 11) is 4.78. The molecule has 0 spiro atoms. The van der Waals surface area contributed by atoms with Crippen molar-refractivity contribution in [3.05, 3.63) is 45.6 Å². The highest BCUT2D eigenvalue weighted by molar-refractivity contribution is 5.83. The summed E-state index contributed by atoms with van der Waals surface area (Å²) in [6.07, 6.45) is 7.07. The highest BCUT2D eigenvalue weighted by atomic mass is 16.5. The van der Waals surface area contributed by atoms with Gasteiger partial charge in [-0.2, -0.15) is 0 Å². The Labute approximate surface area is 200 Å². The number of fused-ring (bicyclic) bond motifs is 3. The summed E-state index contributed by atoms with van der Waals surface area (Å²) in [5.41, 5.74) is 4.01. The number of anilines is 1. The highest BCUT2D eigenvalue weighted by Crippen LogP contribution is 2.50. The Hall–Kier alpha value is -3.22. The Bertz CT molecular complexity index is 1120. The Morgan fingerprint density at radius 2 is 1.68 bits per heavy atom. The Balaban J connectivity index is 1.93. The molecule has 7 heteroatoms. The van der Waals surface area contributed by atoms with Gasteiger partial charge in [-0.25, -0.2) is 0 Å². The molecule has 1 fully saturated rings. The van der Waals surface area contributed by atoms with Crippen LogP contribution in [0.5, 0.6) is 17.2 Å². The minimum Gasteiger partial charge on any atom is -0.493 e. The third-order valence-electron chi connectivity index (χ3n) is 6.88. The Morgan fingerprint density at radius 1 is 0.941 bits per heavy atom. The molecule has 4 rings (SSSR count). The molecule has 0 bridgehead atoms. The van der Waals surface area contributed by atoms with Gasteiger partial charge in [0.15, 0.2) is 11.5 Å².